The summed E-state index contributed by atoms with van der Waals surface area (Å²) >= 11 is 1.87. The van der Waals surface area contributed by atoms with E-state index in [-0.39, 0.29) is 12.6 Å². The van der Waals surface area contributed by atoms with Gasteiger partial charge in [-0.3, -0.25) is 0 Å². The molecule has 0 heterocycles. The highest BCUT2D eigenvalue weighted by molar-refractivity contribution is 7.98. The van der Waals surface area contributed by atoms with Crippen molar-refractivity contribution in [3.05, 3.63) is 35.4 Å². The number of rotatable bonds is 7. The van der Waals surface area contributed by atoms with Gasteiger partial charge in [-0.05, 0) is 12.5 Å². The van der Waals surface area contributed by atoms with Crippen molar-refractivity contribution in [3.63, 3.8) is 0 Å². The van der Waals surface area contributed by atoms with Gasteiger partial charge in [0.05, 0.1) is 6.61 Å². The maximum Gasteiger partial charge on any atom is 0.0592 e. The Labute approximate surface area is 109 Å². The third-order valence-electron chi connectivity index (χ3n) is 2.46. The quantitative estimate of drug-likeness (QED) is 0.783. The first kappa shape index (κ1) is 14.6. The van der Waals surface area contributed by atoms with E-state index in [1.165, 1.54) is 11.1 Å². The van der Waals surface area contributed by atoms with Gasteiger partial charge in [0, 0.05) is 23.6 Å². The lowest BCUT2D eigenvalue weighted by molar-refractivity contribution is 0.247. The molecule has 0 aromatic heterocycles. The van der Waals surface area contributed by atoms with Crippen LogP contribution in [0.1, 0.15) is 25.0 Å². The molecular weight excluding hydrogens is 230 g/mol. The Bertz CT molecular complexity index is 328. The zero-order valence-electron chi connectivity index (χ0n) is 10.9. The summed E-state index contributed by atoms with van der Waals surface area (Å²) in [6, 6.07) is 9.21. The summed E-state index contributed by atoms with van der Waals surface area (Å²) in [5, 5.41) is 12.6. The second-order valence-electron chi connectivity index (χ2n) is 4.71. The number of thioether (sulfide) groups is 1. The van der Waals surface area contributed by atoms with E-state index in [0.717, 1.165) is 11.5 Å². The number of nitrogens with one attached hydrogen (secondary N) is 1. The van der Waals surface area contributed by atoms with Crippen molar-refractivity contribution in [2.24, 2.45) is 0 Å². The van der Waals surface area contributed by atoms with E-state index in [4.69, 9.17) is 0 Å². The summed E-state index contributed by atoms with van der Waals surface area (Å²) in [4.78, 5) is 0. The highest BCUT2D eigenvalue weighted by atomic mass is 32.2. The van der Waals surface area contributed by atoms with Crippen molar-refractivity contribution in [3.8, 4) is 0 Å². The third-order valence-corrected chi connectivity index (χ3v) is 3.64. The molecule has 0 saturated carbocycles. The fourth-order valence-electron chi connectivity index (χ4n) is 1.75. The van der Waals surface area contributed by atoms with Crippen LogP contribution in [0.3, 0.4) is 0 Å². The summed E-state index contributed by atoms with van der Waals surface area (Å²) in [6.07, 6.45) is 0. The molecule has 0 aliphatic heterocycles. The monoisotopic (exact) mass is 253 g/mol. The molecule has 1 rings (SSSR count). The molecule has 0 saturated heterocycles. The first-order chi connectivity index (χ1) is 8.11. The molecule has 1 unspecified atom stereocenters. The SMILES string of the molecule is Cc1cccc(CSCC(CO)NC(C)C)c1. The maximum atomic E-state index is 9.24. The van der Waals surface area contributed by atoms with Crippen molar-refractivity contribution >= 4 is 11.8 Å². The van der Waals surface area contributed by atoms with Crippen LogP contribution in [0.5, 0.6) is 0 Å². The fourth-order valence-corrected chi connectivity index (χ4v) is 2.77. The molecule has 2 N–H and O–H groups in total. The predicted molar refractivity (Wildman–Crippen MR) is 76.5 cm³/mol. The molecule has 0 bridgehead atoms. The lowest BCUT2D eigenvalue weighted by Crippen LogP contribution is -2.39. The van der Waals surface area contributed by atoms with E-state index in [2.05, 4.69) is 50.4 Å². The third kappa shape index (κ3) is 6.10. The highest BCUT2D eigenvalue weighted by Gasteiger charge is 2.08. The van der Waals surface area contributed by atoms with Crippen LogP contribution < -0.4 is 5.32 Å². The van der Waals surface area contributed by atoms with Gasteiger partial charge in [-0.2, -0.15) is 11.8 Å². The summed E-state index contributed by atoms with van der Waals surface area (Å²) in [5.74, 6) is 1.96. The van der Waals surface area contributed by atoms with E-state index in [9.17, 15) is 5.11 Å². The summed E-state index contributed by atoms with van der Waals surface area (Å²) in [5.41, 5.74) is 2.67. The summed E-state index contributed by atoms with van der Waals surface area (Å²) < 4.78 is 0. The van der Waals surface area contributed by atoms with Crippen molar-refractivity contribution < 1.29 is 5.11 Å². The number of aliphatic hydroxyl groups excluding tert-OH is 1. The van der Waals surface area contributed by atoms with Crippen LogP contribution in [0.15, 0.2) is 24.3 Å². The Morgan fingerprint density at radius 3 is 2.71 bits per heavy atom. The normalized spacial score (nSPS) is 13.0. The van der Waals surface area contributed by atoms with Crippen LogP contribution in [-0.2, 0) is 5.75 Å². The largest absolute Gasteiger partial charge is 0.395 e. The number of hydrogen-bond acceptors (Lipinski definition) is 3. The number of hydrogen-bond donors (Lipinski definition) is 2. The van der Waals surface area contributed by atoms with E-state index < -0.39 is 0 Å². The van der Waals surface area contributed by atoms with Gasteiger partial charge in [0.15, 0.2) is 0 Å². The second kappa shape index (κ2) is 7.75. The molecule has 2 nitrogen and oxygen atoms in total. The van der Waals surface area contributed by atoms with Crippen LogP contribution >= 0.6 is 11.8 Å². The Balaban J connectivity index is 2.31. The van der Waals surface area contributed by atoms with E-state index in [1.54, 1.807) is 0 Å². The van der Waals surface area contributed by atoms with Gasteiger partial charge in [-0.15, -0.1) is 0 Å². The average Bonchev–Trinajstić information content (AvgIpc) is 2.27. The van der Waals surface area contributed by atoms with Gasteiger partial charge in [0.25, 0.3) is 0 Å². The summed E-state index contributed by atoms with van der Waals surface area (Å²) in [6.45, 7) is 6.53. The Kier molecular flexibility index (Phi) is 6.63. The molecular formula is C14H23NOS. The predicted octanol–water partition coefficient (Wildman–Crippen LogP) is 2.59. The Morgan fingerprint density at radius 1 is 1.35 bits per heavy atom. The smallest absolute Gasteiger partial charge is 0.0592 e. The van der Waals surface area contributed by atoms with Crippen molar-refractivity contribution in [1.29, 1.82) is 0 Å². The first-order valence-corrected chi connectivity index (χ1v) is 7.27. The van der Waals surface area contributed by atoms with Crippen LogP contribution in [0.25, 0.3) is 0 Å². The average molecular weight is 253 g/mol. The Hall–Kier alpha value is -0.510. The summed E-state index contributed by atoms with van der Waals surface area (Å²) in [7, 11) is 0. The van der Waals surface area contributed by atoms with Gasteiger partial charge in [-0.1, -0.05) is 43.7 Å². The minimum atomic E-state index is 0.199. The molecule has 3 heteroatoms. The van der Waals surface area contributed by atoms with E-state index in [0.29, 0.717) is 6.04 Å². The molecule has 0 radical (unpaired) electrons. The lowest BCUT2D eigenvalue weighted by Gasteiger charge is -2.18. The molecule has 0 spiro atoms. The van der Waals surface area contributed by atoms with Gasteiger partial charge in [0.1, 0.15) is 0 Å². The van der Waals surface area contributed by atoms with Crippen LogP contribution in [-0.4, -0.2) is 29.5 Å². The Morgan fingerprint density at radius 2 is 2.12 bits per heavy atom. The minimum Gasteiger partial charge on any atom is -0.395 e. The van der Waals surface area contributed by atoms with Crippen LogP contribution in [0, 0.1) is 6.92 Å². The topological polar surface area (TPSA) is 32.3 Å². The van der Waals surface area contributed by atoms with Gasteiger partial charge < -0.3 is 10.4 Å². The van der Waals surface area contributed by atoms with Gasteiger partial charge in [-0.25, -0.2) is 0 Å². The van der Waals surface area contributed by atoms with Crippen LogP contribution in [0.2, 0.25) is 0 Å². The molecule has 96 valence electrons. The number of aryl methyl sites for hydroxylation is 1. The lowest BCUT2D eigenvalue weighted by atomic mass is 10.2. The zero-order chi connectivity index (χ0) is 12.7. The van der Waals surface area contributed by atoms with E-state index in [1.807, 2.05) is 11.8 Å². The first-order valence-electron chi connectivity index (χ1n) is 6.12. The second-order valence-corrected chi connectivity index (χ2v) is 5.74. The maximum absolute atomic E-state index is 9.24. The molecule has 17 heavy (non-hydrogen) atoms. The fraction of sp³-hybridized carbons (Fsp3) is 0.571. The molecule has 0 fully saturated rings. The molecule has 0 aliphatic carbocycles. The van der Waals surface area contributed by atoms with E-state index >= 15 is 0 Å². The zero-order valence-corrected chi connectivity index (χ0v) is 11.8. The highest BCUT2D eigenvalue weighted by Crippen LogP contribution is 2.14. The van der Waals surface area contributed by atoms with Gasteiger partial charge >= 0.3 is 0 Å². The molecule has 0 amide bonds. The molecule has 1 atom stereocenters. The van der Waals surface area contributed by atoms with Crippen molar-refractivity contribution in [2.45, 2.75) is 38.6 Å². The minimum absolute atomic E-state index is 0.199. The number of aliphatic hydroxyl groups is 1. The molecule has 0 aliphatic rings. The standard InChI is InChI=1S/C14H23NOS/c1-11(2)15-14(8-16)10-17-9-13-6-4-5-12(3)7-13/h4-7,11,14-16H,8-10H2,1-3H3. The van der Waals surface area contributed by atoms with Gasteiger partial charge in [0.2, 0.25) is 0 Å². The van der Waals surface area contributed by atoms with Crippen molar-refractivity contribution in [2.75, 3.05) is 12.4 Å². The van der Waals surface area contributed by atoms with Crippen LogP contribution in [0.4, 0.5) is 0 Å². The molecule has 1 aromatic rings. The van der Waals surface area contributed by atoms with Crippen molar-refractivity contribution in [1.82, 2.24) is 5.32 Å². The number of benzene rings is 1. The molecule has 1 aromatic carbocycles.